The van der Waals surface area contributed by atoms with Crippen LogP contribution in [0.4, 0.5) is 0 Å². The number of hydrogen-bond acceptors (Lipinski definition) is 3. The van der Waals surface area contributed by atoms with E-state index in [4.69, 9.17) is 0 Å². The van der Waals surface area contributed by atoms with Crippen LogP contribution in [0.25, 0.3) is 0 Å². The van der Waals surface area contributed by atoms with Crippen LogP contribution < -0.4 is 5.32 Å². The minimum Gasteiger partial charge on any atom is -0.508 e. The van der Waals surface area contributed by atoms with Crippen molar-refractivity contribution in [2.24, 2.45) is 0 Å². The Hall–Kier alpha value is -2.30. The molecule has 0 fully saturated rings. The van der Waals surface area contributed by atoms with Gasteiger partial charge in [0.1, 0.15) is 5.75 Å². The summed E-state index contributed by atoms with van der Waals surface area (Å²) in [6.07, 6.45) is 4.43. The number of phenolic OH excluding ortho intramolecular Hbond substituents is 1. The first-order chi connectivity index (χ1) is 8.75. The van der Waals surface area contributed by atoms with Gasteiger partial charge in [0.25, 0.3) is 5.91 Å². The lowest BCUT2D eigenvalue weighted by molar-refractivity contribution is 0.0952. The molecule has 0 radical (unpaired) electrons. The first-order valence-corrected chi connectivity index (χ1v) is 5.80. The fourth-order valence-electron chi connectivity index (χ4n) is 1.62. The van der Waals surface area contributed by atoms with Crippen LogP contribution in [-0.4, -0.2) is 27.3 Å². The van der Waals surface area contributed by atoms with Crippen LogP contribution in [0.3, 0.4) is 0 Å². The van der Waals surface area contributed by atoms with Crippen LogP contribution >= 0.6 is 0 Å². The maximum Gasteiger partial charge on any atom is 0.251 e. The van der Waals surface area contributed by atoms with Crippen molar-refractivity contribution in [3.05, 3.63) is 48.3 Å². The molecule has 94 valence electrons. The molecule has 2 rings (SSSR count). The van der Waals surface area contributed by atoms with E-state index in [1.165, 1.54) is 12.1 Å². The Balaban J connectivity index is 1.75. The fourth-order valence-corrected chi connectivity index (χ4v) is 1.62. The number of aromatic nitrogens is 2. The third kappa shape index (κ3) is 3.35. The van der Waals surface area contributed by atoms with E-state index in [-0.39, 0.29) is 11.7 Å². The highest BCUT2D eigenvalue weighted by Gasteiger charge is 2.04. The molecule has 18 heavy (non-hydrogen) atoms. The third-order valence-corrected chi connectivity index (χ3v) is 2.52. The normalized spacial score (nSPS) is 10.2. The fraction of sp³-hybridized carbons (Fsp3) is 0.231. The van der Waals surface area contributed by atoms with E-state index >= 15 is 0 Å². The zero-order chi connectivity index (χ0) is 12.8. The number of hydrogen-bond donors (Lipinski definition) is 2. The molecule has 5 nitrogen and oxygen atoms in total. The zero-order valence-corrected chi connectivity index (χ0v) is 9.91. The summed E-state index contributed by atoms with van der Waals surface area (Å²) in [6, 6.07) is 8.17. The Labute approximate surface area is 105 Å². The molecule has 2 N–H and O–H groups in total. The summed E-state index contributed by atoms with van der Waals surface area (Å²) in [7, 11) is 0. The largest absolute Gasteiger partial charge is 0.508 e. The third-order valence-electron chi connectivity index (χ3n) is 2.52. The summed E-state index contributed by atoms with van der Waals surface area (Å²) >= 11 is 0. The quantitative estimate of drug-likeness (QED) is 0.783. The lowest BCUT2D eigenvalue weighted by Crippen LogP contribution is -2.25. The Bertz CT molecular complexity index is 509. The van der Waals surface area contributed by atoms with E-state index in [1.54, 1.807) is 18.3 Å². The average Bonchev–Trinajstić information content (AvgIpc) is 2.87. The van der Waals surface area contributed by atoms with Crippen molar-refractivity contribution in [3.63, 3.8) is 0 Å². The summed E-state index contributed by atoms with van der Waals surface area (Å²) in [5.74, 6) is -0.0782. The molecular formula is C13H15N3O2. The van der Waals surface area contributed by atoms with Crippen LogP contribution in [-0.2, 0) is 6.54 Å². The highest BCUT2D eigenvalue weighted by atomic mass is 16.3. The molecule has 5 heteroatoms. The van der Waals surface area contributed by atoms with E-state index in [9.17, 15) is 9.90 Å². The van der Waals surface area contributed by atoms with Crippen molar-refractivity contribution in [2.75, 3.05) is 6.54 Å². The topological polar surface area (TPSA) is 67.2 Å². The second-order valence-corrected chi connectivity index (χ2v) is 3.93. The molecule has 0 saturated heterocycles. The number of aromatic hydroxyl groups is 1. The van der Waals surface area contributed by atoms with E-state index in [2.05, 4.69) is 10.4 Å². The van der Waals surface area contributed by atoms with Gasteiger partial charge in [-0.3, -0.25) is 9.48 Å². The molecule has 0 unspecified atom stereocenters. The van der Waals surface area contributed by atoms with Crippen molar-refractivity contribution in [2.45, 2.75) is 13.0 Å². The van der Waals surface area contributed by atoms with Gasteiger partial charge in [-0.15, -0.1) is 0 Å². The van der Waals surface area contributed by atoms with Gasteiger partial charge in [-0.25, -0.2) is 0 Å². The summed E-state index contributed by atoms with van der Waals surface area (Å²) in [6.45, 7) is 1.35. The predicted molar refractivity (Wildman–Crippen MR) is 67.3 cm³/mol. The number of nitrogens with one attached hydrogen (secondary N) is 1. The first-order valence-electron chi connectivity index (χ1n) is 5.80. The second kappa shape index (κ2) is 5.86. The lowest BCUT2D eigenvalue weighted by Gasteiger charge is -2.05. The SMILES string of the molecule is O=C(NCCCn1cccn1)c1cccc(O)c1. The maximum atomic E-state index is 11.7. The smallest absolute Gasteiger partial charge is 0.251 e. The number of rotatable bonds is 5. The van der Waals surface area contributed by atoms with Crippen molar-refractivity contribution >= 4 is 5.91 Å². The number of benzene rings is 1. The van der Waals surface area contributed by atoms with Crippen molar-refractivity contribution in [3.8, 4) is 5.75 Å². The highest BCUT2D eigenvalue weighted by Crippen LogP contribution is 2.10. The van der Waals surface area contributed by atoms with Crippen molar-refractivity contribution < 1.29 is 9.90 Å². The first kappa shape index (κ1) is 12.2. The summed E-state index contributed by atoms with van der Waals surface area (Å²) < 4.78 is 1.82. The number of carbonyl (C=O) groups is 1. The molecule has 1 aromatic heterocycles. The molecule has 1 heterocycles. The second-order valence-electron chi connectivity index (χ2n) is 3.93. The number of aryl methyl sites for hydroxylation is 1. The van der Waals surface area contributed by atoms with Gasteiger partial charge in [0.15, 0.2) is 0 Å². The summed E-state index contributed by atoms with van der Waals surface area (Å²) in [5.41, 5.74) is 0.467. The van der Waals surface area contributed by atoms with Gasteiger partial charge in [-0.1, -0.05) is 6.07 Å². The van der Waals surface area contributed by atoms with Gasteiger partial charge in [0.05, 0.1) is 0 Å². The van der Waals surface area contributed by atoms with Crippen LogP contribution in [0.1, 0.15) is 16.8 Å². The minimum atomic E-state index is -0.175. The van der Waals surface area contributed by atoms with E-state index in [0.717, 1.165) is 13.0 Å². The minimum absolute atomic E-state index is 0.0965. The molecule has 0 aliphatic heterocycles. The molecule has 0 aliphatic carbocycles. The Morgan fingerprint density at radius 1 is 1.39 bits per heavy atom. The molecule has 0 bridgehead atoms. The molecule has 0 atom stereocenters. The van der Waals surface area contributed by atoms with Gasteiger partial charge in [0, 0.05) is 31.0 Å². The number of amides is 1. The van der Waals surface area contributed by atoms with E-state index in [0.29, 0.717) is 12.1 Å². The number of phenols is 1. The molecule has 0 spiro atoms. The monoisotopic (exact) mass is 245 g/mol. The van der Waals surface area contributed by atoms with Crippen LogP contribution in [0.15, 0.2) is 42.7 Å². The van der Waals surface area contributed by atoms with Crippen LogP contribution in [0.5, 0.6) is 5.75 Å². The van der Waals surface area contributed by atoms with Gasteiger partial charge in [-0.05, 0) is 30.7 Å². The molecule has 0 aliphatic rings. The highest BCUT2D eigenvalue weighted by molar-refractivity contribution is 5.94. The molecule has 1 aromatic carbocycles. The molecular weight excluding hydrogens is 230 g/mol. The number of nitrogens with zero attached hydrogens (tertiary/aromatic N) is 2. The number of carbonyl (C=O) groups excluding carboxylic acids is 1. The van der Waals surface area contributed by atoms with Crippen molar-refractivity contribution in [1.29, 1.82) is 0 Å². The van der Waals surface area contributed by atoms with Crippen molar-refractivity contribution in [1.82, 2.24) is 15.1 Å². The van der Waals surface area contributed by atoms with Gasteiger partial charge < -0.3 is 10.4 Å². The summed E-state index contributed by atoms with van der Waals surface area (Å²) in [4.78, 5) is 11.7. The van der Waals surface area contributed by atoms with Gasteiger partial charge in [0.2, 0.25) is 0 Å². The van der Waals surface area contributed by atoms with E-state index < -0.39 is 0 Å². The predicted octanol–water partition coefficient (Wildman–Crippen LogP) is 1.41. The Morgan fingerprint density at radius 2 is 2.28 bits per heavy atom. The van der Waals surface area contributed by atoms with Crippen LogP contribution in [0, 0.1) is 0 Å². The molecule has 0 saturated carbocycles. The zero-order valence-electron chi connectivity index (χ0n) is 9.91. The standard InChI is InChI=1S/C13H15N3O2/c17-12-5-1-4-11(10-12)13(18)14-6-2-8-16-9-3-7-15-16/h1,3-5,7,9-10,17H,2,6,8H2,(H,14,18). The van der Waals surface area contributed by atoms with Crippen LogP contribution in [0.2, 0.25) is 0 Å². The Kier molecular flexibility index (Phi) is 3.96. The summed E-state index contributed by atoms with van der Waals surface area (Å²) in [5, 5.41) is 16.1. The lowest BCUT2D eigenvalue weighted by atomic mass is 10.2. The van der Waals surface area contributed by atoms with Gasteiger partial charge in [-0.2, -0.15) is 5.10 Å². The molecule has 2 aromatic rings. The van der Waals surface area contributed by atoms with E-state index in [1.807, 2.05) is 16.9 Å². The maximum absolute atomic E-state index is 11.7. The van der Waals surface area contributed by atoms with Gasteiger partial charge >= 0.3 is 0 Å². The molecule has 1 amide bonds. The average molecular weight is 245 g/mol. The Morgan fingerprint density at radius 3 is 3.00 bits per heavy atom.